The zero-order valence-corrected chi connectivity index (χ0v) is 10.6. The van der Waals surface area contributed by atoms with E-state index in [1.54, 1.807) is 11.6 Å². The lowest BCUT2D eigenvalue weighted by atomic mass is 10.2. The summed E-state index contributed by atoms with van der Waals surface area (Å²) in [5, 5.41) is 4.21. The van der Waals surface area contributed by atoms with Crippen LogP contribution >= 0.6 is 0 Å². The summed E-state index contributed by atoms with van der Waals surface area (Å²) in [6.07, 6.45) is 0. The molecule has 0 atom stereocenters. The van der Waals surface area contributed by atoms with Crippen LogP contribution in [0, 0.1) is 13.8 Å². The van der Waals surface area contributed by atoms with E-state index in [1.807, 2.05) is 31.2 Å². The molecule has 0 saturated carbocycles. The van der Waals surface area contributed by atoms with Gasteiger partial charge in [-0.25, -0.2) is 9.48 Å². The summed E-state index contributed by atoms with van der Waals surface area (Å²) in [4.78, 5) is 11.5. The van der Waals surface area contributed by atoms with Crippen molar-refractivity contribution in [1.29, 1.82) is 0 Å². The van der Waals surface area contributed by atoms with Crippen molar-refractivity contribution in [2.24, 2.45) is 0 Å². The maximum absolute atomic E-state index is 11.5. The van der Waals surface area contributed by atoms with Crippen LogP contribution in [0.1, 0.15) is 21.6 Å². The minimum absolute atomic E-state index is 0.247. The van der Waals surface area contributed by atoms with Crippen molar-refractivity contribution >= 4 is 11.8 Å². The number of anilines is 1. The highest BCUT2D eigenvalue weighted by Gasteiger charge is 2.19. The molecule has 0 aliphatic rings. The van der Waals surface area contributed by atoms with E-state index in [4.69, 9.17) is 5.73 Å². The van der Waals surface area contributed by atoms with Crippen molar-refractivity contribution in [2.45, 2.75) is 13.8 Å². The molecule has 0 amide bonds. The molecule has 0 saturated heterocycles. The van der Waals surface area contributed by atoms with Gasteiger partial charge in [0.25, 0.3) is 0 Å². The van der Waals surface area contributed by atoms with Gasteiger partial charge < -0.3 is 10.5 Å². The lowest BCUT2D eigenvalue weighted by Crippen LogP contribution is -2.05. The van der Waals surface area contributed by atoms with E-state index in [0.717, 1.165) is 11.3 Å². The quantitative estimate of drug-likeness (QED) is 0.820. The summed E-state index contributed by atoms with van der Waals surface area (Å²) in [5.74, 6) is -0.0356. The number of hydrogen-bond donors (Lipinski definition) is 1. The van der Waals surface area contributed by atoms with E-state index in [1.165, 1.54) is 7.11 Å². The van der Waals surface area contributed by atoms with E-state index < -0.39 is 5.97 Å². The van der Waals surface area contributed by atoms with Crippen LogP contribution in [0.3, 0.4) is 0 Å². The first kappa shape index (κ1) is 12.2. The molecular formula is C13H15N3O2. The Balaban J connectivity index is 2.56. The molecule has 0 fully saturated rings. The molecule has 2 aromatic rings. The van der Waals surface area contributed by atoms with Crippen molar-refractivity contribution in [3.63, 3.8) is 0 Å². The van der Waals surface area contributed by atoms with Gasteiger partial charge in [0.2, 0.25) is 0 Å². The van der Waals surface area contributed by atoms with E-state index in [2.05, 4.69) is 9.84 Å². The summed E-state index contributed by atoms with van der Waals surface area (Å²) >= 11 is 0. The lowest BCUT2D eigenvalue weighted by molar-refractivity contribution is 0.0592. The molecule has 1 aromatic heterocycles. The van der Waals surface area contributed by atoms with E-state index >= 15 is 0 Å². The number of carbonyl (C=O) groups excluding carboxylic acids is 1. The average molecular weight is 245 g/mol. The Morgan fingerprint density at radius 3 is 2.72 bits per heavy atom. The van der Waals surface area contributed by atoms with E-state index in [-0.39, 0.29) is 5.69 Å². The van der Waals surface area contributed by atoms with Gasteiger partial charge in [0.05, 0.1) is 12.8 Å². The Morgan fingerprint density at radius 2 is 2.11 bits per heavy atom. The summed E-state index contributed by atoms with van der Waals surface area (Å²) in [6.45, 7) is 3.73. The Labute approximate surface area is 105 Å². The van der Waals surface area contributed by atoms with Crippen molar-refractivity contribution < 1.29 is 9.53 Å². The Hall–Kier alpha value is -2.30. The minimum atomic E-state index is -0.481. The van der Waals surface area contributed by atoms with Crippen molar-refractivity contribution in [1.82, 2.24) is 9.78 Å². The third kappa shape index (κ3) is 1.95. The predicted molar refractivity (Wildman–Crippen MR) is 68.8 cm³/mol. The lowest BCUT2D eigenvalue weighted by Gasteiger charge is -2.04. The number of aromatic nitrogens is 2. The van der Waals surface area contributed by atoms with Crippen LogP contribution in [0.25, 0.3) is 5.69 Å². The molecule has 0 spiro atoms. The average Bonchev–Trinajstić information content (AvgIpc) is 2.66. The normalized spacial score (nSPS) is 10.4. The number of aryl methyl sites for hydroxylation is 1. The second-order valence-corrected chi connectivity index (χ2v) is 4.10. The van der Waals surface area contributed by atoms with Crippen molar-refractivity contribution in [3.8, 4) is 5.69 Å². The maximum Gasteiger partial charge on any atom is 0.358 e. The third-order valence-corrected chi connectivity index (χ3v) is 2.79. The molecular weight excluding hydrogens is 230 g/mol. The number of carbonyl (C=O) groups is 1. The monoisotopic (exact) mass is 245 g/mol. The molecule has 0 aliphatic carbocycles. The minimum Gasteiger partial charge on any atom is -0.464 e. The molecule has 5 heteroatoms. The standard InChI is InChI=1S/C13H15N3O2/c1-8-5-4-6-10(7-8)16-12(14)9(2)11(15-16)13(17)18-3/h4-7H,14H2,1-3H3. The highest BCUT2D eigenvalue weighted by Crippen LogP contribution is 2.21. The number of nitrogen functional groups attached to an aromatic ring is 1. The van der Waals surface area contributed by atoms with Crippen molar-refractivity contribution in [2.75, 3.05) is 12.8 Å². The van der Waals surface area contributed by atoms with Gasteiger partial charge in [0.15, 0.2) is 5.69 Å². The molecule has 0 radical (unpaired) electrons. The van der Waals surface area contributed by atoms with Crippen LogP contribution in [0.5, 0.6) is 0 Å². The SMILES string of the molecule is COC(=O)c1nn(-c2cccc(C)c2)c(N)c1C. The molecule has 0 bridgehead atoms. The summed E-state index contributed by atoms with van der Waals surface area (Å²) < 4.78 is 6.22. The fourth-order valence-electron chi connectivity index (χ4n) is 1.76. The smallest absolute Gasteiger partial charge is 0.358 e. The number of methoxy groups -OCH3 is 1. The van der Waals surface area contributed by atoms with Gasteiger partial charge in [-0.15, -0.1) is 0 Å². The van der Waals surface area contributed by atoms with Crippen LogP contribution in [-0.4, -0.2) is 22.9 Å². The van der Waals surface area contributed by atoms with Gasteiger partial charge in [0.1, 0.15) is 5.82 Å². The van der Waals surface area contributed by atoms with Crippen LogP contribution in [0.2, 0.25) is 0 Å². The summed E-state index contributed by atoms with van der Waals surface area (Å²) in [6, 6.07) is 7.73. The molecule has 94 valence electrons. The van der Waals surface area contributed by atoms with Crippen LogP contribution in [0.4, 0.5) is 5.82 Å². The first-order chi connectivity index (χ1) is 8.54. The second kappa shape index (κ2) is 4.52. The first-order valence-corrected chi connectivity index (χ1v) is 5.55. The van der Waals surface area contributed by atoms with Gasteiger partial charge >= 0.3 is 5.97 Å². The van der Waals surface area contributed by atoms with Crippen LogP contribution in [0.15, 0.2) is 24.3 Å². The Bertz CT molecular complexity index is 602. The molecule has 2 N–H and O–H groups in total. The number of ether oxygens (including phenoxy) is 1. The van der Waals surface area contributed by atoms with Crippen LogP contribution in [-0.2, 0) is 4.74 Å². The largest absolute Gasteiger partial charge is 0.464 e. The number of rotatable bonds is 2. The predicted octanol–water partition coefficient (Wildman–Crippen LogP) is 1.86. The zero-order chi connectivity index (χ0) is 13.3. The molecule has 1 aromatic carbocycles. The van der Waals surface area contributed by atoms with Gasteiger partial charge in [-0.05, 0) is 31.5 Å². The van der Waals surface area contributed by atoms with Gasteiger partial charge in [-0.1, -0.05) is 12.1 Å². The third-order valence-electron chi connectivity index (χ3n) is 2.79. The number of nitrogens with zero attached hydrogens (tertiary/aromatic N) is 2. The summed E-state index contributed by atoms with van der Waals surface area (Å²) in [7, 11) is 1.32. The molecule has 1 heterocycles. The molecule has 2 rings (SSSR count). The van der Waals surface area contributed by atoms with E-state index in [0.29, 0.717) is 11.4 Å². The first-order valence-electron chi connectivity index (χ1n) is 5.55. The summed E-state index contributed by atoms with van der Waals surface area (Å²) in [5.41, 5.74) is 8.77. The molecule has 0 aliphatic heterocycles. The molecule has 18 heavy (non-hydrogen) atoms. The second-order valence-electron chi connectivity index (χ2n) is 4.10. The topological polar surface area (TPSA) is 70.1 Å². The fourth-order valence-corrected chi connectivity index (χ4v) is 1.76. The fraction of sp³-hybridized carbons (Fsp3) is 0.231. The highest BCUT2D eigenvalue weighted by molar-refractivity contribution is 5.90. The van der Waals surface area contributed by atoms with Gasteiger partial charge in [-0.2, -0.15) is 5.10 Å². The maximum atomic E-state index is 11.5. The Morgan fingerprint density at radius 1 is 1.39 bits per heavy atom. The van der Waals surface area contributed by atoms with Gasteiger partial charge in [-0.3, -0.25) is 0 Å². The number of nitrogens with two attached hydrogens (primary N) is 1. The number of benzene rings is 1. The number of hydrogen-bond acceptors (Lipinski definition) is 4. The Kier molecular flexibility index (Phi) is 3.06. The number of esters is 1. The molecule has 0 unspecified atom stereocenters. The molecule has 5 nitrogen and oxygen atoms in total. The van der Waals surface area contributed by atoms with Gasteiger partial charge in [0, 0.05) is 5.56 Å². The van der Waals surface area contributed by atoms with Crippen molar-refractivity contribution in [3.05, 3.63) is 41.1 Å². The zero-order valence-electron chi connectivity index (χ0n) is 10.6. The highest BCUT2D eigenvalue weighted by atomic mass is 16.5. The van der Waals surface area contributed by atoms with Crippen LogP contribution < -0.4 is 5.73 Å². The van der Waals surface area contributed by atoms with E-state index in [9.17, 15) is 4.79 Å².